The van der Waals surface area contributed by atoms with E-state index in [1.165, 1.54) is 18.6 Å². The van der Waals surface area contributed by atoms with Gasteiger partial charge in [0.15, 0.2) is 0 Å². The first kappa shape index (κ1) is 7.14. The van der Waals surface area contributed by atoms with E-state index >= 15 is 0 Å². The zero-order valence-corrected chi connectivity index (χ0v) is 6.55. The molecule has 10 heavy (non-hydrogen) atoms. The fourth-order valence-corrected chi connectivity index (χ4v) is 0.973. The average Bonchev–Trinajstić information content (AvgIpc) is 2.31. The normalized spacial score (nSPS) is 10.6. The first-order valence-electron chi connectivity index (χ1n) is 2.70. The van der Waals surface area contributed by atoms with Gasteiger partial charge in [-0.25, -0.2) is 0 Å². The lowest BCUT2D eigenvalue weighted by atomic mass is 10.4. The summed E-state index contributed by atoms with van der Waals surface area (Å²) in [5.41, 5.74) is 0.880. The van der Waals surface area contributed by atoms with Gasteiger partial charge in [0, 0.05) is 0 Å². The number of aromatic nitrogens is 2. The van der Waals surface area contributed by atoms with Gasteiger partial charge < -0.3 is 4.84 Å². The maximum Gasteiger partial charge on any atom is 0.106 e. The van der Waals surface area contributed by atoms with Crippen LogP contribution in [0.5, 0.6) is 0 Å². The Morgan fingerprint density at radius 2 is 2.50 bits per heavy atom. The maximum atomic E-state index is 4.49. The number of aryl methyl sites for hydroxylation is 1. The predicted molar refractivity (Wildman–Crippen MR) is 39.2 cm³/mol. The lowest BCUT2D eigenvalue weighted by molar-refractivity contribution is 0.215. The monoisotopic (exact) mass is 157 g/mol. The topological polar surface area (TPSA) is 47.4 Å². The van der Waals surface area contributed by atoms with Gasteiger partial charge in [-0.2, -0.15) is 0 Å². The van der Waals surface area contributed by atoms with Gasteiger partial charge in [-0.05, 0) is 18.5 Å². The minimum Gasteiger partial charge on any atom is -0.399 e. The summed E-state index contributed by atoms with van der Waals surface area (Å²) in [5, 5.41) is 7.37. The van der Waals surface area contributed by atoms with E-state index in [4.69, 9.17) is 0 Å². The molecule has 0 fully saturated rings. The third kappa shape index (κ3) is 1.51. The van der Waals surface area contributed by atoms with Crippen molar-refractivity contribution < 1.29 is 4.84 Å². The van der Waals surface area contributed by atoms with E-state index in [0.29, 0.717) is 0 Å². The van der Waals surface area contributed by atoms with Crippen molar-refractivity contribution in [3.05, 3.63) is 10.6 Å². The highest BCUT2D eigenvalue weighted by molar-refractivity contribution is 7.07. The van der Waals surface area contributed by atoms with E-state index in [9.17, 15) is 0 Å². The molecule has 0 aliphatic heterocycles. The molecule has 0 bridgehead atoms. The molecule has 1 aromatic rings. The van der Waals surface area contributed by atoms with Crippen LogP contribution in [0.25, 0.3) is 0 Å². The third-order valence-electron chi connectivity index (χ3n) is 0.962. The summed E-state index contributed by atoms with van der Waals surface area (Å²) in [6.45, 7) is 1.88. The summed E-state index contributed by atoms with van der Waals surface area (Å²) in [6.07, 6.45) is 1.60. The Hall–Kier alpha value is -0.970. The molecule has 0 spiro atoms. The molecule has 54 valence electrons. The zero-order chi connectivity index (χ0) is 7.40. The average molecular weight is 157 g/mol. The molecule has 1 aromatic heterocycles. The smallest absolute Gasteiger partial charge is 0.106 e. The van der Waals surface area contributed by atoms with Crippen LogP contribution in [-0.4, -0.2) is 22.9 Å². The number of hydrogen-bond acceptors (Lipinski definition) is 5. The Bertz CT molecular complexity index is 233. The van der Waals surface area contributed by atoms with Gasteiger partial charge in [0.2, 0.25) is 0 Å². The molecule has 4 nitrogen and oxygen atoms in total. The fraction of sp³-hybridized carbons (Fsp3) is 0.400. The molecule has 1 rings (SSSR count). The van der Waals surface area contributed by atoms with Crippen LogP contribution in [-0.2, 0) is 4.84 Å². The van der Waals surface area contributed by atoms with E-state index in [1.54, 1.807) is 6.21 Å². The molecular weight excluding hydrogens is 150 g/mol. The summed E-state index contributed by atoms with van der Waals surface area (Å²) in [5.74, 6) is 0. The first-order valence-corrected chi connectivity index (χ1v) is 3.47. The molecule has 0 amide bonds. The van der Waals surface area contributed by atoms with Crippen molar-refractivity contribution in [2.45, 2.75) is 6.92 Å². The molecule has 0 saturated carbocycles. The molecule has 0 atom stereocenters. The van der Waals surface area contributed by atoms with Crippen molar-refractivity contribution >= 4 is 17.7 Å². The van der Waals surface area contributed by atoms with Gasteiger partial charge in [-0.1, -0.05) is 9.64 Å². The highest BCUT2D eigenvalue weighted by Gasteiger charge is 1.97. The largest absolute Gasteiger partial charge is 0.399 e. The summed E-state index contributed by atoms with van der Waals surface area (Å²) < 4.78 is 3.72. The highest BCUT2D eigenvalue weighted by Crippen LogP contribution is 2.04. The summed E-state index contributed by atoms with van der Waals surface area (Å²) in [7, 11) is 1.50. The van der Waals surface area contributed by atoms with Crippen molar-refractivity contribution in [1.29, 1.82) is 0 Å². The lowest BCUT2D eigenvalue weighted by Gasteiger charge is -1.83. The molecule has 5 heteroatoms. The van der Waals surface area contributed by atoms with Crippen LogP contribution in [0.1, 0.15) is 10.6 Å². The van der Waals surface area contributed by atoms with E-state index in [-0.39, 0.29) is 0 Å². The molecule has 0 aliphatic rings. The fourth-order valence-electron chi connectivity index (χ4n) is 0.459. The molecule has 0 unspecified atom stereocenters. The number of rotatable bonds is 2. The number of hydrogen-bond donors (Lipinski definition) is 0. The van der Waals surface area contributed by atoms with Gasteiger partial charge in [0.1, 0.15) is 7.11 Å². The van der Waals surface area contributed by atoms with Crippen molar-refractivity contribution in [3.63, 3.8) is 0 Å². The van der Waals surface area contributed by atoms with Crippen LogP contribution in [0.4, 0.5) is 0 Å². The molecule has 1 heterocycles. The van der Waals surface area contributed by atoms with Crippen LogP contribution in [0.3, 0.4) is 0 Å². The minimum absolute atomic E-state index is 0.880. The number of nitrogens with zero attached hydrogens (tertiary/aromatic N) is 3. The second-order valence-corrected chi connectivity index (χ2v) is 2.43. The zero-order valence-electron chi connectivity index (χ0n) is 5.74. The van der Waals surface area contributed by atoms with E-state index in [2.05, 4.69) is 19.6 Å². The molecule has 0 saturated heterocycles. The second kappa shape index (κ2) is 3.26. The van der Waals surface area contributed by atoms with Gasteiger partial charge in [0.05, 0.1) is 16.8 Å². The van der Waals surface area contributed by atoms with E-state index in [0.717, 1.165) is 10.6 Å². The standard InChI is InChI=1S/C5H7N3OS/c1-4-5(3-6-9-2)10-8-7-4/h3H,1-2H3/b6-3+. The first-order chi connectivity index (χ1) is 4.84. The van der Waals surface area contributed by atoms with Crippen molar-refractivity contribution in [2.75, 3.05) is 7.11 Å². The van der Waals surface area contributed by atoms with E-state index < -0.39 is 0 Å². The molecule has 0 radical (unpaired) electrons. The van der Waals surface area contributed by atoms with Crippen LogP contribution in [0.15, 0.2) is 5.16 Å². The molecule has 0 N–H and O–H groups in total. The van der Waals surface area contributed by atoms with Gasteiger partial charge in [-0.15, -0.1) is 5.10 Å². The summed E-state index contributed by atoms with van der Waals surface area (Å²) in [4.78, 5) is 5.42. The van der Waals surface area contributed by atoms with Crippen LogP contribution in [0, 0.1) is 6.92 Å². The molecular formula is C5H7N3OS. The Labute approximate surface area is 62.7 Å². The van der Waals surface area contributed by atoms with Crippen molar-refractivity contribution in [1.82, 2.24) is 9.59 Å². The lowest BCUT2D eigenvalue weighted by Crippen LogP contribution is -1.80. The summed E-state index contributed by atoms with van der Waals surface area (Å²) >= 11 is 1.30. The van der Waals surface area contributed by atoms with Crippen molar-refractivity contribution in [3.8, 4) is 0 Å². The third-order valence-corrected chi connectivity index (χ3v) is 1.72. The summed E-state index contributed by atoms with van der Waals surface area (Å²) in [6, 6.07) is 0. The van der Waals surface area contributed by atoms with Gasteiger partial charge in [-0.3, -0.25) is 0 Å². The van der Waals surface area contributed by atoms with Gasteiger partial charge >= 0.3 is 0 Å². The Balaban J connectivity index is 2.74. The number of oxime groups is 1. The SMILES string of the molecule is CO/N=C/c1snnc1C. The molecule has 0 aromatic carbocycles. The maximum absolute atomic E-state index is 4.49. The van der Waals surface area contributed by atoms with Crippen molar-refractivity contribution in [2.24, 2.45) is 5.16 Å². The molecule has 0 aliphatic carbocycles. The Morgan fingerprint density at radius 1 is 1.70 bits per heavy atom. The highest BCUT2D eigenvalue weighted by atomic mass is 32.1. The predicted octanol–water partition coefficient (Wildman–Crippen LogP) is 0.827. The van der Waals surface area contributed by atoms with E-state index in [1.807, 2.05) is 6.92 Å². The van der Waals surface area contributed by atoms with Crippen LogP contribution < -0.4 is 0 Å². The minimum atomic E-state index is 0.880. The van der Waals surface area contributed by atoms with Crippen LogP contribution >= 0.6 is 11.5 Å². The Morgan fingerprint density at radius 3 is 3.00 bits per heavy atom. The van der Waals surface area contributed by atoms with Crippen LogP contribution in [0.2, 0.25) is 0 Å². The second-order valence-electron chi connectivity index (χ2n) is 1.64. The van der Waals surface area contributed by atoms with Gasteiger partial charge in [0.25, 0.3) is 0 Å². The quantitative estimate of drug-likeness (QED) is 0.472. The Kier molecular flexibility index (Phi) is 2.33.